The molecular weight excluding hydrogens is 184 g/mol. The molecule has 1 aliphatic carbocycles. The van der Waals surface area contributed by atoms with Gasteiger partial charge < -0.3 is 9.52 Å². The Hall–Kier alpha value is -1.58. The third kappa shape index (κ3) is 1.43. The minimum absolute atomic E-state index is 0.00694. The first-order valence-corrected chi connectivity index (χ1v) is 4.54. The third-order valence-electron chi connectivity index (χ3n) is 2.57. The molecule has 1 N–H and O–H groups in total. The topological polar surface area (TPSA) is 67.5 Å². The van der Waals surface area contributed by atoms with Crippen LogP contribution in [-0.4, -0.2) is 16.9 Å². The van der Waals surface area contributed by atoms with Crippen molar-refractivity contribution in [1.82, 2.24) is 0 Å². The average molecular weight is 194 g/mol. The highest BCUT2D eigenvalue weighted by molar-refractivity contribution is 5.99. The van der Waals surface area contributed by atoms with Gasteiger partial charge in [0.1, 0.15) is 6.26 Å². The van der Waals surface area contributed by atoms with Crippen molar-refractivity contribution >= 4 is 11.8 Å². The maximum atomic E-state index is 11.6. The average Bonchev–Trinajstić information content (AvgIpc) is 2.48. The molecule has 1 aromatic heterocycles. The summed E-state index contributed by atoms with van der Waals surface area (Å²) < 4.78 is 4.75. The predicted molar refractivity (Wildman–Crippen MR) is 47.3 cm³/mol. The van der Waals surface area contributed by atoms with Crippen molar-refractivity contribution in [2.45, 2.75) is 19.3 Å². The smallest absolute Gasteiger partial charge is 0.371 e. The number of carboxylic acid groups (broad SMARTS) is 1. The second kappa shape index (κ2) is 3.29. The Balaban J connectivity index is 2.15. The third-order valence-corrected chi connectivity index (χ3v) is 2.57. The van der Waals surface area contributed by atoms with E-state index < -0.39 is 5.97 Å². The molecule has 1 saturated carbocycles. The van der Waals surface area contributed by atoms with Crippen molar-refractivity contribution < 1.29 is 19.1 Å². The summed E-state index contributed by atoms with van der Waals surface area (Å²) in [5, 5.41) is 8.58. The van der Waals surface area contributed by atoms with Crippen LogP contribution >= 0.6 is 0 Å². The summed E-state index contributed by atoms with van der Waals surface area (Å²) in [6.45, 7) is 0. The molecule has 1 fully saturated rings. The van der Waals surface area contributed by atoms with Crippen LogP contribution in [0.3, 0.4) is 0 Å². The summed E-state index contributed by atoms with van der Waals surface area (Å²) in [7, 11) is 0. The lowest BCUT2D eigenvalue weighted by atomic mass is 9.80. The van der Waals surface area contributed by atoms with Gasteiger partial charge in [0.25, 0.3) is 0 Å². The van der Waals surface area contributed by atoms with Gasteiger partial charge in [0, 0.05) is 12.0 Å². The molecule has 0 aromatic carbocycles. The van der Waals surface area contributed by atoms with Gasteiger partial charge in [0.2, 0.25) is 5.76 Å². The number of hydrogen-bond acceptors (Lipinski definition) is 3. The second-order valence-electron chi connectivity index (χ2n) is 3.50. The Kier molecular flexibility index (Phi) is 2.11. The second-order valence-corrected chi connectivity index (χ2v) is 3.50. The van der Waals surface area contributed by atoms with Gasteiger partial charge >= 0.3 is 5.97 Å². The summed E-state index contributed by atoms with van der Waals surface area (Å²) >= 11 is 0. The molecule has 0 aliphatic heterocycles. The standard InChI is InChI=1S/C10H10O4/c11-9(6-2-1-3-6)7-4-8(10(12)13)14-5-7/h4-6H,1-3H2,(H,12,13). The molecule has 1 aromatic rings. The fourth-order valence-electron chi connectivity index (χ4n) is 1.48. The zero-order valence-electron chi connectivity index (χ0n) is 7.53. The monoisotopic (exact) mass is 194 g/mol. The molecule has 2 rings (SSSR count). The van der Waals surface area contributed by atoms with Gasteiger partial charge in [-0.25, -0.2) is 4.79 Å². The molecule has 0 unspecified atom stereocenters. The molecule has 0 bridgehead atoms. The minimum atomic E-state index is -1.14. The van der Waals surface area contributed by atoms with E-state index in [1.165, 1.54) is 12.3 Å². The highest BCUT2D eigenvalue weighted by Gasteiger charge is 2.27. The summed E-state index contributed by atoms with van der Waals surface area (Å²) in [6, 6.07) is 1.29. The highest BCUT2D eigenvalue weighted by atomic mass is 16.4. The van der Waals surface area contributed by atoms with Crippen molar-refractivity contribution in [3.05, 3.63) is 23.7 Å². The van der Waals surface area contributed by atoms with E-state index in [0.717, 1.165) is 19.3 Å². The van der Waals surface area contributed by atoms with E-state index in [1.807, 2.05) is 0 Å². The van der Waals surface area contributed by atoms with E-state index in [1.54, 1.807) is 0 Å². The van der Waals surface area contributed by atoms with Gasteiger partial charge in [-0.2, -0.15) is 0 Å². The van der Waals surface area contributed by atoms with Crippen LogP contribution in [0, 0.1) is 5.92 Å². The molecule has 4 nitrogen and oxygen atoms in total. The molecule has 0 atom stereocenters. The Bertz CT molecular complexity index is 373. The molecule has 0 amide bonds. The number of carbonyl (C=O) groups excluding carboxylic acids is 1. The molecule has 1 aliphatic rings. The maximum absolute atomic E-state index is 11.6. The van der Waals surface area contributed by atoms with Crippen molar-refractivity contribution in [2.75, 3.05) is 0 Å². The highest BCUT2D eigenvalue weighted by Crippen LogP contribution is 2.30. The van der Waals surface area contributed by atoms with Crippen LogP contribution in [-0.2, 0) is 0 Å². The van der Waals surface area contributed by atoms with E-state index in [9.17, 15) is 9.59 Å². The van der Waals surface area contributed by atoms with Crippen LogP contribution in [0.1, 0.15) is 40.2 Å². The molecule has 74 valence electrons. The number of ketones is 1. The summed E-state index contributed by atoms with van der Waals surface area (Å²) in [4.78, 5) is 22.1. The fourth-order valence-corrected chi connectivity index (χ4v) is 1.48. The zero-order valence-corrected chi connectivity index (χ0v) is 7.53. The number of Topliss-reactive ketones (excluding diaryl/α,β-unsaturated/α-hetero) is 1. The normalized spacial score (nSPS) is 16.3. The number of aromatic carboxylic acids is 1. The van der Waals surface area contributed by atoms with Crippen LogP contribution < -0.4 is 0 Å². The van der Waals surface area contributed by atoms with Crippen LogP contribution in [0.5, 0.6) is 0 Å². The van der Waals surface area contributed by atoms with Gasteiger partial charge in [-0.1, -0.05) is 6.42 Å². The largest absolute Gasteiger partial charge is 0.475 e. The van der Waals surface area contributed by atoms with Crippen molar-refractivity contribution in [1.29, 1.82) is 0 Å². The van der Waals surface area contributed by atoms with E-state index in [4.69, 9.17) is 9.52 Å². The predicted octanol–water partition coefficient (Wildman–Crippen LogP) is 1.96. The Morgan fingerprint density at radius 3 is 2.57 bits per heavy atom. The number of carboxylic acids is 1. The SMILES string of the molecule is O=C(O)c1cc(C(=O)C2CCC2)co1. The molecule has 4 heteroatoms. The molecule has 0 saturated heterocycles. The van der Waals surface area contributed by atoms with Crippen molar-refractivity contribution in [3.63, 3.8) is 0 Å². The van der Waals surface area contributed by atoms with Crippen molar-refractivity contribution in [2.24, 2.45) is 5.92 Å². The lowest BCUT2D eigenvalue weighted by Crippen LogP contribution is -2.21. The van der Waals surface area contributed by atoms with Crippen LogP contribution in [0.15, 0.2) is 16.7 Å². The van der Waals surface area contributed by atoms with Crippen LogP contribution in [0.4, 0.5) is 0 Å². The molecule has 0 spiro atoms. The number of furan rings is 1. The number of carbonyl (C=O) groups is 2. The molecular formula is C10H10O4. The van der Waals surface area contributed by atoms with Gasteiger partial charge in [0.05, 0.1) is 5.56 Å². The molecule has 0 radical (unpaired) electrons. The van der Waals surface area contributed by atoms with Crippen molar-refractivity contribution in [3.8, 4) is 0 Å². The number of hydrogen-bond donors (Lipinski definition) is 1. The zero-order chi connectivity index (χ0) is 10.1. The Labute approximate surface area is 80.5 Å². The first-order chi connectivity index (χ1) is 6.68. The van der Waals surface area contributed by atoms with Gasteiger partial charge in [-0.15, -0.1) is 0 Å². The maximum Gasteiger partial charge on any atom is 0.371 e. The van der Waals surface area contributed by atoms with E-state index >= 15 is 0 Å². The summed E-state index contributed by atoms with van der Waals surface area (Å²) in [5.74, 6) is -1.23. The lowest BCUT2D eigenvalue weighted by molar-refractivity contribution is 0.0662. The Morgan fingerprint density at radius 2 is 2.14 bits per heavy atom. The minimum Gasteiger partial charge on any atom is -0.475 e. The van der Waals surface area contributed by atoms with E-state index in [0.29, 0.717) is 5.56 Å². The first kappa shape index (κ1) is 8.99. The summed E-state index contributed by atoms with van der Waals surface area (Å²) in [6.07, 6.45) is 4.13. The number of rotatable bonds is 3. The molecule has 14 heavy (non-hydrogen) atoms. The first-order valence-electron chi connectivity index (χ1n) is 4.54. The van der Waals surface area contributed by atoms with Crippen LogP contribution in [0.25, 0.3) is 0 Å². The quantitative estimate of drug-likeness (QED) is 0.747. The van der Waals surface area contributed by atoms with Gasteiger partial charge in [-0.3, -0.25) is 4.79 Å². The van der Waals surface area contributed by atoms with E-state index in [2.05, 4.69) is 0 Å². The molecule has 1 heterocycles. The lowest BCUT2D eigenvalue weighted by Gasteiger charge is -2.22. The Morgan fingerprint density at radius 1 is 1.43 bits per heavy atom. The van der Waals surface area contributed by atoms with Gasteiger partial charge in [0.15, 0.2) is 5.78 Å². The van der Waals surface area contributed by atoms with Crippen LogP contribution in [0.2, 0.25) is 0 Å². The van der Waals surface area contributed by atoms with E-state index in [-0.39, 0.29) is 17.5 Å². The summed E-state index contributed by atoms with van der Waals surface area (Å²) in [5.41, 5.74) is 0.382. The van der Waals surface area contributed by atoms with Gasteiger partial charge in [-0.05, 0) is 12.8 Å². The fraction of sp³-hybridized carbons (Fsp3) is 0.400.